The van der Waals surface area contributed by atoms with E-state index in [0.29, 0.717) is 18.7 Å². The third-order valence-corrected chi connectivity index (χ3v) is 7.41. The van der Waals surface area contributed by atoms with E-state index in [-0.39, 0.29) is 16.1 Å². The predicted octanol–water partition coefficient (Wildman–Crippen LogP) is 5.48. The van der Waals surface area contributed by atoms with E-state index in [1.165, 1.54) is 28.6 Å². The SMILES string of the molecule is Cc1ccc(S(=O)(=O)N2CCCCCC2)cc1C(=O)Nc1ccc(Cl)c(C(F)(F)F)c1. The van der Waals surface area contributed by atoms with Crippen molar-refractivity contribution in [3.05, 3.63) is 58.1 Å². The van der Waals surface area contributed by atoms with Gasteiger partial charge in [0.15, 0.2) is 0 Å². The Morgan fingerprint density at radius 1 is 1.03 bits per heavy atom. The molecule has 0 saturated carbocycles. The monoisotopic (exact) mass is 474 g/mol. The lowest BCUT2D eigenvalue weighted by molar-refractivity contribution is -0.137. The molecule has 1 N–H and O–H groups in total. The van der Waals surface area contributed by atoms with Crippen molar-refractivity contribution in [1.29, 1.82) is 0 Å². The van der Waals surface area contributed by atoms with Crippen LogP contribution in [0.2, 0.25) is 5.02 Å². The lowest BCUT2D eigenvalue weighted by Crippen LogP contribution is -2.32. The molecule has 10 heteroatoms. The van der Waals surface area contributed by atoms with Crippen LogP contribution in [0.5, 0.6) is 0 Å². The summed E-state index contributed by atoms with van der Waals surface area (Å²) in [6.45, 7) is 2.46. The van der Waals surface area contributed by atoms with Gasteiger partial charge in [-0.15, -0.1) is 0 Å². The second kappa shape index (κ2) is 9.18. The second-order valence-corrected chi connectivity index (χ2v) is 9.79. The highest BCUT2D eigenvalue weighted by Gasteiger charge is 2.33. The molecule has 1 aliphatic heterocycles. The zero-order valence-electron chi connectivity index (χ0n) is 16.8. The number of benzene rings is 2. The van der Waals surface area contributed by atoms with Crippen LogP contribution in [0.4, 0.5) is 18.9 Å². The predicted molar refractivity (Wildman–Crippen MR) is 113 cm³/mol. The van der Waals surface area contributed by atoms with E-state index in [1.807, 2.05) is 0 Å². The summed E-state index contributed by atoms with van der Waals surface area (Å²) in [5.74, 6) is -0.708. The second-order valence-electron chi connectivity index (χ2n) is 7.44. The highest BCUT2D eigenvalue weighted by atomic mass is 35.5. The highest BCUT2D eigenvalue weighted by molar-refractivity contribution is 7.89. The third-order valence-electron chi connectivity index (χ3n) is 5.19. The number of nitrogens with one attached hydrogen (secondary N) is 1. The van der Waals surface area contributed by atoms with Gasteiger partial charge in [0, 0.05) is 24.3 Å². The van der Waals surface area contributed by atoms with Crippen molar-refractivity contribution in [3.63, 3.8) is 0 Å². The number of halogens is 4. The Bertz CT molecular complexity index is 1080. The molecule has 0 spiro atoms. The molecular formula is C21H22ClF3N2O3S. The van der Waals surface area contributed by atoms with Crippen LogP contribution in [-0.2, 0) is 16.2 Å². The molecule has 3 rings (SSSR count). The molecule has 2 aromatic rings. The molecule has 1 aliphatic rings. The minimum Gasteiger partial charge on any atom is -0.322 e. The minimum atomic E-state index is -4.67. The summed E-state index contributed by atoms with van der Waals surface area (Å²) >= 11 is 5.61. The molecule has 0 aliphatic carbocycles. The summed E-state index contributed by atoms with van der Waals surface area (Å²) in [6.07, 6.45) is -1.19. The zero-order valence-corrected chi connectivity index (χ0v) is 18.4. The van der Waals surface area contributed by atoms with Gasteiger partial charge in [-0.1, -0.05) is 30.5 Å². The molecule has 0 aromatic heterocycles. The molecular weight excluding hydrogens is 453 g/mol. The van der Waals surface area contributed by atoms with Gasteiger partial charge in [-0.25, -0.2) is 8.42 Å². The summed E-state index contributed by atoms with van der Waals surface area (Å²) < 4.78 is 66.7. The Balaban J connectivity index is 1.89. The lowest BCUT2D eigenvalue weighted by Gasteiger charge is -2.20. The number of rotatable bonds is 4. The van der Waals surface area contributed by atoms with Gasteiger partial charge in [0.1, 0.15) is 0 Å². The van der Waals surface area contributed by atoms with Crippen molar-refractivity contribution in [2.24, 2.45) is 0 Å². The number of amides is 1. The Morgan fingerprint density at radius 3 is 2.29 bits per heavy atom. The average Bonchev–Trinajstić information content (AvgIpc) is 2.99. The molecule has 1 amide bonds. The number of hydrogen-bond donors (Lipinski definition) is 1. The van der Waals surface area contributed by atoms with Crippen LogP contribution in [0, 0.1) is 6.92 Å². The van der Waals surface area contributed by atoms with Crippen LogP contribution < -0.4 is 5.32 Å². The molecule has 2 aromatic carbocycles. The molecule has 0 radical (unpaired) electrons. The number of sulfonamides is 1. The first-order valence-electron chi connectivity index (χ1n) is 9.79. The van der Waals surface area contributed by atoms with Gasteiger partial charge in [0.25, 0.3) is 5.91 Å². The van der Waals surface area contributed by atoms with Gasteiger partial charge in [-0.3, -0.25) is 4.79 Å². The lowest BCUT2D eigenvalue weighted by atomic mass is 10.1. The minimum absolute atomic E-state index is 0.0164. The Labute approximate surface area is 184 Å². The van der Waals surface area contributed by atoms with Gasteiger partial charge in [-0.2, -0.15) is 17.5 Å². The fourth-order valence-electron chi connectivity index (χ4n) is 3.46. The summed E-state index contributed by atoms with van der Waals surface area (Å²) in [5, 5.41) is 1.92. The van der Waals surface area contributed by atoms with E-state index in [1.54, 1.807) is 6.92 Å². The number of nitrogens with zero attached hydrogens (tertiary/aromatic N) is 1. The van der Waals surface area contributed by atoms with Gasteiger partial charge in [0.05, 0.1) is 15.5 Å². The van der Waals surface area contributed by atoms with E-state index in [0.717, 1.165) is 37.8 Å². The fraction of sp³-hybridized carbons (Fsp3) is 0.381. The molecule has 0 atom stereocenters. The normalized spacial score (nSPS) is 16.0. The van der Waals surface area contributed by atoms with Crippen molar-refractivity contribution in [1.82, 2.24) is 4.31 Å². The smallest absolute Gasteiger partial charge is 0.322 e. The van der Waals surface area contributed by atoms with Crippen LogP contribution in [-0.4, -0.2) is 31.7 Å². The van der Waals surface area contributed by atoms with E-state index in [4.69, 9.17) is 11.6 Å². The Morgan fingerprint density at radius 2 is 1.68 bits per heavy atom. The van der Waals surface area contributed by atoms with Crippen molar-refractivity contribution in [2.45, 2.75) is 43.7 Å². The zero-order chi connectivity index (χ0) is 22.8. The summed E-state index contributed by atoms with van der Waals surface area (Å²) in [5.41, 5.74) is -0.597. The van der Waals surface area contributed by atoms with E-state index in [2.05, 4.69) is 5.32 Å². The molecule has 1 heterocycles. The quantitative estimate of drug-likeness (QED) is 0.637. The largest absolute Gasteiger partial charge is 0.417 e. The molecule has 31 heavy (non-hydrogen) atoms. The molecule has 0 unspecified atom stereocenters. The van der Waals surface area contributed by atoms with Crippen LogP contribution in [0.15, 0.2) is 41.3 Å². The maximum absolute atomic E-state index is 13.1. The standard InChI is InChI=1S/C21H22ClF3N2O3S/c1-14-6-8-16(31(29,30)27-10-4-2-3-5-11-27)13-17(14)20(28)26-15-7-9-19(22)18(12-15)21(23,24)25/h6-9,12-13H,2-5,10-11H2,1H3,(H,26,28). The highest BCUT2D eigenvalue weighted by Crippen LogP contribution is 2.36. The summed E-state index contributed by atoms with van der Waals surface area (Å²) in [7, 11) is -3.78. The van der Waals surface area contributed by atoms with Crippen molar-refractivity contribution in [3.8, 4) is 0 Å². The number of aryl methyl sites for hydroxylation is 1. The number of alkyl halides is 3. The van der Waals surface area contributed by atoms with Crippen molar-refractivity contribution >= 4 is 33.2 Å². The van der Waals surface area contributed by atoms with E-state index >= 15 is 0 Å². The first-order valence-corrected chi connectivity index (χ1v) is 11.6. The molecule has 168 valence electrons. The first-order chi connectivity index (χ1) is 14.5. The van der Waals surface area contributed by atoms with E-state index in [9.17, 15) is 26.4 Å². The Hall–Kier alpha value is -2.10. The molecule has 0 bridgehead atoms. The topological polar surface area (TPSA) is 66.5 Å². The maximum atomic E-state index is 13.1. The van der Waals surface area contributed by atoms with Crippen LogP contribution in [0.3, 0.4) is 0 Å². The van der Waals surface area contributed by atoms with Gasteiger partial charge in [0.2, 0.25) is 10.0 Å². The number of carbonyl (C=O) groups is 1. The van der Waals surface area contributed by atoms with Crippen molar-refractivity contribution in [2.75, 3.05) is 18.4 Å². The van der Waals surface area contributed by atoms with Crippen molar-refractivity contribution < 1.29 is 26.4 Å². The summed E-state index contributed by atoms with van der Waals surface area (Å²) in [6, 6.07) is 7.27. The number of carbonyl (C=O) groups excluding carboxylic acids is 1. The van der Waals surface area contributed by atoms with Crippen LogP contribution >= 0.6 is 11.6 Å². The molecule has 5 nitrogen and oxygen atoms in total. The van der Waals surface area contributed by atoms with Gasteiger partial charge >= 0.3 is 6.18 Å². The third kappa shape index (κ3) is 5.39. The van der Waals surface area contributed by atoms with Gasteiger partial charge < -0.3 is 5.32 Å². The fourth-order valence-corrected chi connectivity index (χ4v) is 5.22. The first kappa shape index (κ1) is 23.6. The summed E-state index contributed by atoms with van der Waals surface area (Å²) in [4.78, 5) is 12.7. The van der Waals surface area contributed by atoms with Gasteiger partial charge in [-0.05, 0) is 55.7 Å². The maximum Gasteiger partial charge on any atom is 0.417 e. The van der Waals surface area contributed by atoms with Crippen LogP contribution in [0.1, 0.15) is 47.2 Å². The average molecular weight is 475 g/mol. The number of anilines is 1. The molecule has 1 saturated heterocycles. The Kier molecular flexibility index (Phi) is 6.98. The van der Waals surface area contributed by atoms with Crippen LogP contribution in [0.25, 0.3) is 0 Å². The molecule has 1 fully saturated rings. The van der Waals surface area contributed by atoms with E-state index < -0.39 is 32.7 Å². The number of hydrogen-bond acceptors (Lipinski definition) is 3.